The second-order valence-corrected chi connectivity index (χ2v) is 7.63. The van der Waals surface area contributed by atoms with Crippen molar-refractivity contribution in [2.24, 2.45) is 5.73 Å². The molecule has 0 unspecified atom stereocenters. The van der Waals surface area contributed by atoms with Gasteiger partial charge in [-0.05, 0) is 49.9 Å². The normalized spacial score (nSPS) is 20.0. The molecule has 0 atom stereocenters. The van der Waals surface area contributed by atoms with Gasteiger partial charge >= 0.3 is 0 Å². The standard InChI is InChI=1S/C14H22N2O3S/c1-11-9-13(4-3-12(11)10-15)20(18,19)16-7-5-14(2,17)6-8-16/h3-4,9,17H,5-8,10,15H2,1-2H3. The highest BCUT2D eigenvalue weighted by Crippen LogP contribution is 2.27. The van der Waals surface area contributed by atoms with E-state index in [0.717, 1.165) is 11.1 Å². The lowest BCUT2D eigenvalue weighted by Gasteiger charge is -2.35. The molecule has 0 saturated carbocycles. The van der Waals surface area contributed by atoms with Gasteiger partial charge in [0.05, 0.1) is 10.5 Å². The van der Waals surface area contributed by atoms with Gasteiger partial charge in [0, 0.05) is 19.6 Å². The summed E-state index contributed by atoms with van der Waals surface area (Å²) < 4.78 is 26.6. The van der Waals surface area contributed by atoms with Crippen LogP contribution in [0.15, 0.2) is 23.1 Å². The van der Waals surface area contributed by atoms with Crippen molar-refractivity contribution in [2.75, 3.05) is 13.1 Å². The summed E-state index contributed by atoms with van der Waals surface area (Å²) in [4.78, 5) is 0.300. The average molecular weight is 298 g/mol. The van der Waals surface area contributed by atoms with Gasteiger partial charge in [-0.25, -0.2) is 8.42 Å². The first-order valence-corrected chi connectivity index (χ1v) is 8.22. The Balaban J connectivity index is 2.25. The third-order valence-electron chi connectivity index (χ3n) is 3.97. The Kier molecular flexibility index (Phi) is 4.20. The molecule has 5 nitrogen and oxygen atoms in total. The molecule has 0 amide bonds. The van der Waals surface area contributed by atoms with Crippen LogP contribution in [0.2, 0.25) is 0 Å². The number of nitrogens with zero attached hydrogens (tertiary/aromatic N) is 1. The van der Waals surface area contributed by atoms with Crippen LogP contribution in [0.4, 0.5) is 0 Å². The first-order chi connectivity index (χ1) is 9.26. The van der Waals surface area contributed by atoms with Gasteiger partial charge in [-0.2, -0.15) is 4.31 Å². The van der Waals surface area contributed by atoms with E-state index in [1.807, 2.05) is 6.92 Å². The Morgan fingerprint density at radius 3 is 2.45 bits per heavy atom. The van der Waals surface area contributed by atoms with Crippen LogP contribution >= 0.6 is 0 Å². The van der Waals surface area contributed by atoms with Crippen LogP contribution < -0.4 is 5.73 Å². The second-order valence-electron chi connectivity index (χ2n) is 5.69. The molecular weight excluding hydrogens is 276 g/mol. The Morgan fingerprint density at radius 2 is 1.95 bits per heavy atom. The highest BCUT2D eigenvalue weighted by molar-refractivity contribution is 7.89. The van der Waals surface area contributed by atoms with Crippen LogP contribution in [-0.4, -0.2) is 36.5 Å². The highest BCUT2D eigenvalue weighted by Gasteiger charge is 2.34. The number of sulfonamides is 1. The molecule has 1 fully saturated rings. The van der Waals surface area contributed by atoms with Crippen molar-refractivity contribution in [3.8, 4) is 0 Å². The number of piperidine rings is 1. The van der Waals surface area contributed by atoms with Crippen molar-refractivity contribution < 1.29 is 13.5 Å². The molecule has 20 heavy (non-hydrogen) atoms. The first kappa shape index (κ1) is 15.4. The van der Waals surface area contributed by atoms with Gasteiger partial charge in [-0.15, -0.1) is 0 Å². The van der Waals surface area contributed by atoms with E-state index in [1.54, 1.807) is 25.1 Å². The zero-order chi connectivity index (χ0) is 15.0. The first-order valence-electron chi connectivity index (χ1n) is 6.78. The van der Waals surface area contributed by atoms with Crippen molar-refractivity contribution in [2.45, 2.75) is 43.7 Å². The molecule has 1 aromatic carbocycles. The fourth-order valence-corrected chi connectivity index (χ4v) is 3.94. The fraction of sp³-hybridized carbons (Fsp3) is 0.571. The monoisotopic (exact) mass is 298 g/mol. The van der Waals surface area contributed by atoms with E-state index in [1.165, 1.54) is 4.31 Å². The molecule has 1 saturated heterocycles. The summed E-state index contributed by atoms with van der Waals surface area (Å²) >= 11 is 0. The molecule has 1 aromatic rings. The largest absolute Gasteiger partial charge is 0.390 e. The SMILES string of the molecule is Cc1cc(S(=O)(=O)N2CCC(C)(O)CC2)ccc1CN. The zero-order valence-corrected chi connectivity index (χ0v) is 12.8. The molecule has 3 N–H and O–H groups in total. The van der Waals surface area contributed by atoms with Crippen LogP contribution in [0.3, 0.4) is 0 Å². The van der Waals surface area contributed by atoms with Crippen LogP contribution in [-0.2, 0) is 16.6 Å². The lowest BCUT2D eigenvalue weighted by Crippen LogP contribution is -2.45. The molecule has 2 rings (SSSR count). The Labute approximate surface area is 120 Å². The van der Waals surface area contributed by atoms with Gasteiger partial charge in [-0.3, -0.25) is 0 Å². The van der Waals surface area contributed by atoms with Crippen molar-refractivity contribution in [1.82, 2.24) is 4.31 Å². The minimum atomic E-state index is -3.48. The molecule has 112 valence electrons. The van der Waals surface area contributed by atoms with Gasteiger partial charge in [0.25, 0.3) is 0 Å². The smallest absolute Gasteiger partial charge is 0.243 e. The Hall–Kier alpha value is -0.950. The van der Waals surface area contributed by atoms with Crippen molar-refractivity contribution in [3.05, 3.63) is 29.3 Å². The molecule has 0 bridgehead atoms. The summed E-state index contributed by atoms with van der Waals surface area (Å²) in [5.74, 6) is 0. The van der Waals surface area contributed by atoms with Gasteiger partial charge in [0.15, 0.2) is 0 Å². The van der Waals surface area contributed by atoms with Crippen LogP contribution in [0.25, 0.3) is 0 Å². The van der Waals surface area contributed by atoms with Gasteiger partial charge in [0.2, 0.25) is 10.0 Å². The summed E-state index contributed by atoms with van der Waals surface area (Å²) in [7, 11) is -3.48. The average Bonchev–Trinajstić information content (AvgIpc) is 2.38. The molecule has 1 heterocycles. The van der Waals surface area contributed by atoms with Crippen LogP contribution in [0.1, 0.15) is 30.9 Å². The minimum absolute atomic E-state index is 0.300. The topological polar surface area (TPSA) is 83.6 Å². The number of rotatable bonds is 3. The molecule has 0 aliphatic carbocycles. The highest BCUT2D eigenvalue weighted by atomic mass is 32.2. The summed E-state index contributed by atoms with van der Waals surface area (Å²) in [6.45, 7) is 4.72. The van der Waals surface area contributed by atoms with Crippen molar-refractivity contribution in [3.63, 3.8) is 0 Å². The molecular formula is C14H22N2O3S. The van der Waals surface area contributed by atoms with Crippen LogP contribution in [0, 0.1) is 6.92 Å². The molecule has 0 spiro atoms. The predicted molar refractivity (Wildman–Crippen MR) is 77.7 cm³/mol. The Morgan fingerprint density at radius 1 is 1.35 bits per heavy atom. The lowest BCUT2D eigenvalue weighted by atomic mass is 9.95. The maximum absolute atomic E-state index is 12.6. The summed E-state index contributed by atoms with van der Waals surface area (Å²) in [5, 5.41) is 9.91. The molecule has 0 aromatic heterocycles. The molecule has 6 heteroatoms. The Bertz CT molecular complexity index is 586. The summed E-state index contributed by atoms with van der Waals surface area (Å²) in [5.41, 5.74) is 6.67. The van der Waals surface area contributed by atoms with E-state index >= 15 is 0 Å². The minimum Gasteiger partial charge on any atom is -0.390 e. The third kappa shape index (κ3) is 3.03. The fourth-order valence-electron chi connectivity index (χ4n) is 2.42. The summed E-state index contributed by atoms with van der Waals surface area (Å²) in [6, 6.07) is 5.05. The number of aryl methyl sites for hydroxylation is 1. The van der Waals surface area contributed by atoms with E-state index in [2.05, 4.69) is 0 Å². The number of benzene rings is 1. The number of aliphatic hydroxyl groups is 1. The van der Waals surface area contributed by atoms with E-state index in [0.29, 0.717) is 37.4 Å². The number of nitrogens with two attached hydrogens (primary N) is 1. The van der Waals surface area contributed by atoms with E-state index in [9.17, 15) is 13.5 Å². The van der Waals surface area contributed by atoms with Gasteiger partial charge < -0.3 is 10.8 Å². The molecule has 1 aliphatic rings. The van der Waals surface area contributed by atoms with Gasteiger partial charge in [-0.1, -0.05) is 6.07 Å². The van der Waals surface area contributed by atoms with Crippen molar-refractivity contribution in [1.29, 1.82) is 0 Å². The maximum Gasteiger partial charge on any atom is 0.243 e. The van der Waals surface area contributed by atoms with Crippen LogP contribution in [0.5, 0.6) is 0 Å². The number of hydrogen-bond acceptors (Lipinski definition) is 4. The number of hydrogen-bond donors (Lipinski definition) is 2. The van der Waals surface area contributed by atoms with E-state index < -0.39 is 15.6 Å². The summed E-state index contributed by atoms with van der Waals surface area (Å²) in [6.07, 6.45) is 0.929. The van der Waals surface area contributed by atoms with E-state index in [4.69, 9.17) is 5.73 Å². The quantitative estimate of drug-likeness (QED) is 0.871. The molecule has 0 radical (unpaired) electrons. The van der Waals surface area contributed by atoms with E-state index in [-0.39, 0.29) is 0 Å². The lowest BCUT2D eigenvalue weighted by molar-refractivity contribution is 0.0126. The zero-order valence-electron chi connectivity index (χ0n) is 12.0. The maximum atomic E-state index is 12.6. The second kappa shape index (κ2) is 5.44. The van der Waals surface area contributed by atoms with Gasteiger partial charge in [0.1, 0.15) is 0 Å². The van der Waals surface area contributed by atoms with Crippen molar-refractivity contribution >= 4 is 10.0 Å². The predicted octanol–water partition coefficient (Wildman–Crippen LogP) is 0.989. The third-order valence-corrected chi connectivity index (χ3v) is 5.87. The molecule has 1 aliphatic heterocycles.